The Labute approximate surface area is 199 Å². The van der Waals surface area contributed by atoms with E-state index in [4.69, 9.17) is 14.6 Å². The van der Waals surface area contributed by atoms with Gasteiger partial charge in [0.2, 0.25) is 5.82 Å². The number of aromatic nitrogens is 3. The zero-order valence-corrected chi connectivity index (χ0v) is 18.6. The summed E-state index contributed by atoms with van der Waals surface area (Å²) in [6, 6.07) is 16.0. The number of benzene rings is 2. The van der Waals surface area contributed by atoms with Crippen molar-refractivity contribution in [3.8, 4) is 11.1 Å². The van der Waals surface area contributed by atoms with Crippen molar-refractivity contribution in [2.24, 2.45) is 5.92 Å². The van der Waals surface area contributed by atoms with Crippen LogP contribution in [-0.4, -0.2) is 64.1 Å². The standard InChI is InChI=1S/C24H23N5O6/c30-21(25-10-14-9-13(11-34-14)22(31)32)20-26-23(29-28-20)27-24(33)35-12-19-17-7-3-1-5-15(17)16-6-2-4-8-18(16)19/h1-8,13-14,19H,9-12H2,(H,25,30)(H,31,32)(H2,26,27,28,29,33). The molecule has 2 aromatic carbocycles. The first-order chi connectivity index (χ1) is 17.0. The molecule has 2 heterocycles. The van der Waals surface area contributed by atoms with E-state index in [1.54, 1.807) is 0 Å². The Morgan fingerprint density at radius 2 is 1.77 bits per heavy atom. The molecule has 1 saturated heterocycles. The number of fused-ring (bicyclic) bond motifs is 3. The molecule has 35 heavy (non-hydrogen) atoms. The van der Waals surface area contributed by atoms with Crippen LogP contribution in [0.5, 0.6) is 0 Å². The lowest BCUT2D eigenvalue weighted by molar-refractivity contribution is -0.141. The van der Waals surface area contributed by atoms with E-state index in [-0.39, 0.29) is 43.6 Å². The molecule has 11 heteroatoms. The number of rotatable bonds is 7. The molecule has 11 nitrogen and oxygen atoms in total. The normalized spacial score (nSPS) is 18.5. The molecular formula is C24H23N5O6. The zero-order chi connectivity index (χ0) is 24.4. The van der Waals surface area contributed by atoms with Crippen molar-refractivity contribution in [2.45, 2.75) is 18.4 Å². The van der Waals surface area contributed by atoms with Gasteiger partial charge in [-0.1, -0.05) is 48.5 Å². The SMILES string of the molecule is O=C(Nc1n[nH]c(C(=O)NCC2CC(C(=O)O)CO2)n1)OCC1c2ccccc2-c2ccccc21. The fourth-order valence-electron chi connectivity index (χ4n) is 4.46. The second kappa shape index (κ2) is 9.55. The minimum Gasteiger partial charge on any atom is -0.481 e. The predicted molar refractivity (Wildman–Crippen MR) is 123 cm³/mol. The van der Waals surface area contributed by atoms with Gasteiger partial charge >= 0.3 is 12.1 Å². The molecule has 3 aromatic rings. The summed E-state index contributed by atoms with van der Waals surface area (Å²) in [7, 11) is 0. The quantitative estimate of drug-likeness (QED) is 0.404. The van der Waals surface area contributed by atoms with Crippen LogP contribution < -0.4 is 10.6 Å². The highest BCUT2D eigenvalue weighted by Crippen LogP contribution is 2.44. The lowest BCUT2D eigenvalue weighted by Crippen LogP contribution is -2.32. The molecule has 1 aliphatic heterocycles. The topological polar surface area (TPSA) is 156 Å². The smallest absolute Gasteiger partial charge is 0.414 e. The molecule has 4 N–H and O–H groups in total. The van der Waals surface area contributed by atoms with E-state index in [9.17, 15) is 14.4 Å². The van der Waals surface area contributed by atoms with E-state index in [1.165, 1.54) is 0 Å². The number of nitrogens with zero attached hydrogens (tertiary/aromatic N) is 2. The van der Waals surface area contributed by atoms with Gasteiger partial charge < -0.3 is 19.9 Å². The van der Waals surface area contributed by atoms with Crippen LogP contribution in [0.3, 0.4) is 0 Å². The van der Waals surface area contributed by atoms with Crippen LogP contribution in [0.25, 0.3) is 11.1 Å². The van der Waals surface area contributed by atoms with E-state index >= 15 is 0 Å². The predicted octanol–water partition coefficient (Wildman–Crippen LogP) is 2.39. The third kappa shape index (κ3) is 4.71. The van der Waals surface area contributed by atoms with Gasteiger partial charge in [0.1, 0.15) is 6.61 Å². The van der Waals surface area contributed by atoms with Crippen molar-refractivity contribution in [3.05, 3.63) is 65.5 Å². The number of anilines is 1. The highest BCUT2D eigenvalue weighted by atomic mass is 16.5. The van der Waals surface area contributed by atoms with Gasteiger partial charge in [0.15, 0.2) is 0 Å². The number of carboxylic acids is 1. The summed E-state index contributed by atoms with van der Waals surface area (Å²) in [5.74, 6) is -2.34. The number of hydrogen-bond donors (Lipinski definition) is 4. The third-order valence-electron chi connectivity index (χ3n) is 6.18. The number of aliphatic carboxylic acids is 1. The van der Waals surface area contributed by atoms with Crippen LogP contribution in [0, 0.1) is 5.92 Å². The van der Waals surface area contributed by atoms with Crippen LogP contribution in [-0.2, 0) is 14.3 Å². The maximum atomic E-state index is 12.4. The van der Waals surface area contributed by atoms with E-state index in [0.717, 1.165) is 22.3 Å². The molecule has 2 atom stereocenters. The molecule has 1 aromatic heterocycles. The molecule has 2 unspecified atom stereocenters. The maximum Gasteiger partial charge on any atom is 0.414 e. The van der Waals surface area contributed by atoms with Crippen LogP contribution in [0.15, 0.2) is 48.5 Å². The summed E-state index contributed by atoms with van der Waals surface area (Å²) in [4.78, 5) is 39.6. The number of aromatic amines is 1. The molecule has 0 radical (unpaired) electrons. The molecule has 0 saturated carbocycles. The average Bonchev–Trinajstić information content (AvgIpc) is 3.59. The summed E-state index contributed by atoms with van der Waals surface area (Å²) in [5, 5.41) is 20.3. The molecule has 1 aliphatic carbocycles. The summed E-state index contributed by atoms with van der Waals surface area (Å²) in [5.41, 5.74) is 4.45. The van der Waals surface area contributed by atoms with Crippen molar-refractivity contribution in [2.75, 3.05) is 25.1 Å². The summed E-state index contributed by atoms with van der Waals surface area (Å²) in [6.07, 6.45) is -0.807. The zero-order valence-electron chi connectivity index (χ0n) is 18.6. The maximum absolute atomic E-state index is 12.4. The molecule has 0 spiro atoms. The molecule has 2 aliphatic rings. The highest BCUT2D eigenvalue weighted by molar-refractivity contribution is 5.91. The first-order valence-corrected chi connectivity index (χ1v) is 11.2. The lowest BCUT2D eigenvalue weighted by Gasteiger charge is -2.13. The van der Waals surface area contributed by atoms with Gasteiger partial charge in [-0.25, -0.2) is 4.79 Å². The van der Waals surface area contributed by atoms with Crippen LogP contribution in [0.4, 0.5) is 10.7 Å². The molecule has 0 bridgehead atoms. The Kier molecular flexibility index (Phi) is 6.15. The number of H-pyrrole nitrogens is 1. The molecule has 2 amide bonds. The van der Waals surface area contributed by atoms with Crippen molar-refractivity contribution in [1.82, 2.24) is 20.5 Å². The van der Waals surface area contributed by atoms with Gasteiger partial charge in [-0.3, -0.25) is 20.0 Å². The molecule has 180 valence electrons. The number of ether oxygens (including phenoxy) is 2. The molecule has 1 fully saturated rings. The number of amides is 2. The van der Waals surface area contributed by atoms with E-state index < -0.39 is 23.9 Å². The Bertz CT molecular complexity index is 1230. The van der Waals surface area contributed by atoms with Gasteiger partial charge in [-0.15, -0.1) is 5.10 Å². The number of carbonyl (C=O) groups excluding carboxylic acids is 2. The summed E-state index contributed by atoms with van der Waals surface area (Å²) in [6.45, 7) is 0.390. The average molecular weight is 477 g/mol. The van der Waals surface area contributed by atoms with Gasteiger partial charge in [0.25, 0.3) is 11.9 Å². The number of carboxylic acid groups (broad SMARTS) is 1. The van der Waals surface area contributed by atoms with Crippen LogP contribution in [0.2, 0.25) is 0 Å². The summed E-state index contributed by atoms with van der Waals surface area (Å²) < 4.78 is 10.8. The monoisotopic (exact) mass is 477 g/mol. The Morgan fingerprint density at radius 3 is 2.43 bits per heavy atom. The van der Waals surface area contributed by atoms with Crippen LogP contribution >= 0.6 is 0 Å². The largest absolute Gasteiger partial charge is 0.481 e. The number of nitrogens with one attached hydrogen (secondary N) is 3. The van der Waals surface area contributed by atoms with Crippen LogP contribution in [0.1, 0.15) is 34.1 Å². The fraction of sp³-hybridized carbons (Fsp3) is 0.292. The highest BCUT2D eigenvalue weighted by Gasteiger charge is 2.31. The number of hydrogen-bond acceptors (Lipinski definition) is 7. The number of carbonyl (C=O) groups is 3. The summed E-state index contributed by atoms with van der Waals surface area (Å²) >= 11 is 0. The van der Waals surface area contributed by atoms with Crippen molar-refractivity contribution in [1.29, 1.82) is 0 Å². The second-order valence-electron chi connectivity index (χ2n) is 8.39. The van der Waals surface area contributed by atoms with E-state index in [1.807, 2.05) is 36.4 Å². The Balaban J connectivity index is 1.13. The van der Waals surface area contributed by atoms with E-state index in [0.29, 0.717) is 6.42 Å². The van der Waals surface area contributed by atoms with Gasteiger partial charge in [0, 0.05) is 12.5 Å². The molecular weight excluding hydrogens is 454 g/mol. The van der Waals surface area contributed by atoms with Crippen molar-refractivity contribution in [3.63, 3.8) is 0 Å². The van der Waals surface area contributed by atoms with Gasteiger partial charge in [-0.05, 0) is 28.7 Å². The minimum atomic E-state index is -0.919. The van der Waals surface area contributed by atoms with E-state index in [2.05, 4.69) is 37.9 Å². The lowest BCUT2D eigenvalue weighted by atomic mass is 9.98. The minimum absolute atomic E-state index is 0.0832. The first-order valence-electron chi connectivity index (χ1n) is 11.2. The van der Waals surface area contributed by atoms with Crippen molar-refractivity contribution >= 4 is 23.9 Å². The van der Waals surface area contributed by atoms with Gasteiger partial charge in [-0.2, -0.15) is 4.98 Å². The molecule has 5 rings (SSSR count). The Morgan fingerprint density at radius 1 is 1.09 bits per heavy atom. The third-order valence-corrected chi connectivity index (χ3v) is 6.18. The Hall–Kier alpha value is -4.25. The first kappa shape index (κ1) is 22.5. The van der Waals surface area contributed by atoms with Crippen molar-refractivity contribution < 1.29 is 29.0 Å². The second-order valence-corrected chi connectivity index (χ2v) is 8.39. The van der Waals surface area contributed by atoms with Gasteiger partial charge in [0.05, 0.1) is 18.6 Å². The fourth-order valence-corrected chi connectivity index (χ4v) is 4.46.